The van der Waals surface area contributed by atoms with E-state index < -0.39 is 0 Å². The Morgan fingerprint density at radius 3 is 2.90 bits per heavy atom. The maximum atomic E-state index is 12.0. The molecule has 1 aliphatic heterocycles. The number of anilines is 1. The topological polar surface area (TPSA) is 87.0 Å². The third-order valence-electron chi connectivity index (χ3n) is 3.53. The van der Waals surface area contributed by atoms with Crippen LogP contribution in [-0.4, -0.2) is 21.4 Å². The van der Waals surface area contributed by atoms with Gasteiger partial charge in [-0.3, -0.25) is 20.1 Å². The van der Waals surface area contributed by atoms with Crippen LogP contribution < -0.4 is 16.8 Å². The molecule has 1 aromatic carbocycles. The number of hydrazine groups is 1. The molecule has 6 nitrogen and oxygen atoms in total. The molecule has 0 amide bonds. The Kier molecular flexibility index (Phi) is 3.49. The van der Waals surface area contributed by atoms with Crippen LogP contribution in [0.5, 0.6) is 0 Å². The molecule has 4 N–H and O–H groups in total. The van der Waals surface area contributed by atoms with Gasteiger partial charge in [-0.1, -0.05) is 30.3 Å². The van der Waals surface area contributed by atoms with Crippen molar-refractivity contribution in [3.8, 4) is 0 Å². The summed E-state index contributed by atoms with van der Waals surface area (Å²) < 4.78 is 0. The van der Waals surface area contributed by atoms with E-state index in [4.69, 9.17) is 5.84 Å². The molecule has 0 spiro atoms. The van der Waals surface area contributed by atoms with Crippen molar-refractivity contribution in [2.75, 3.05) is 12.0 Å². The zero-order chi connectivity index (χ0) is 13.9. The van der Waals surface area contributed by atoms with Gasteiger partial charge < -0.3 is 0 Å². The number of nitrogens with one attached hydrogen (secondary N) is 2. The molecule has 6 heteroatoms. The molecular weight excluding hydrogens is 254 g/mol. The first kappa shape index (κ1) is 12.8. The van der Waals surface area contributed by atoms with Gasteiger partial charge in [0.25, 0.3) is 5.56 Å². The maximum Gasteiger partial charge on any atom is 0.257 e. The van der Waals surface area contributed by atoms with Crippen LogP contribution in [0, 0.1) is 0 Å². The Morgan fingerprint density at radius 2 is 2.15 bits per heavy atom. The molecular formula is C14H17N5O. The van der Waals surface area contributed by atoms with Crippen LogP contribution in [0.25, 0.3) is 0 Å². The second-order valence-electron chi connectivity index (χ2n) is 4.93. The molecule has 0 atom stereocenters. The number of nitrogens with zero attached hydrogens (tertiary/aromatic N) is 2. The molecule has 0 bridgehead atoms. The number of aromatic amines is 1. The average molecular weight is 271 g/mol. The lowest BCUT2D eigenvalue weighted by Crippen LogP contribution is -2.35. The van der Waals surface area contributed by atoms with Gasteiger partial charge in [0, 0.05) is 26.1 Å². The number of benzene rings is 1. The number of aromatic nitrogens is 2. The van der Waals surface area contributed by atoms with E-state index in [1.54, 1.807) is 0 Å². The second kappa shape index (κ2) is 5.44. The van der Waals surface area contributed by atoms with E-state index in [-0.39, 0.29) is 5.56 Å². The van der Waals surface area contributed by atoms with Gasteiger partial charge in [-0.25, -0.2) is 10.8 Å². The van der Waals surface area contributed by atoms with Gasteiger partial charge in [-0.05, 0) is 5.56 Å². The van der Waals surface area contributed by atoms with Crippen molar-refractivity contribution in [1.82, 2.24) is 14.9 Å². The Labute approximate surface area is 116 Å². The van der Waals surface area contributed by atoms with Crippen molar-refractivity contribution in [2.45, 2.75) is 19.5 Å². The van der Waals surface area contributed by atoms with Crippen molar-refractivity contribution >= 4 is 5.95 Å². The van der Waals surface area contributed by atoms with Crippen LogP contribution in [0.3, 0.4) is 0 Å². The largest absolute Gasteiger partial charge is 0.294 e. The number of hydrogen-bond donors (Lipinski definition) is 3. The summed E-state index contributed by atoms with van der Waals surface area (Å²) in [4.78, 5) is 21.2. The molecule has 3 rings (SSSR count). The summed E-state index contributed by atoms with van der Waals surface area (Å²) in [5.74, 6) is 5.61. The highest BCUT2D eigenvalue weighted by Crippen LogP contribution is 2.16. The van der Waals surface area contributed by atoms with Gasteiger partial charge in [-0.15, -0.1) is 0 Å². The lowest BCUT2D eigenvalue weighted by molar-refractivity contribution is 0.242. The molecule has 0 unspecified atom stereocenters. The summed E-state index contributed by atoms with van der Waals surface area (Å²) in [6, 6.07) is 10.3. The van der Waals surface area contributed by atoms with E-state index in [1.165, 1.54) is 5.56 Å². The predicted octanol–water partition coefficient (Wildman–Crippen LogP) is 0.614. The average Bonchev–Trinajstić information content (AvgIpc) is 2.48. The summed E-state index contributed by atoms with van der Waals surface area (Å²) in [5.41, 5.74) is 5.11. The van der Waals surface area contributed by atoms with Crippen molar-refractivity contribution in [3.05, 3.63) is 57.5 Å². The molecule has 0 saturated carbocycles. The number of fused-ring (bicyclic) bond motifs is 1. The predicted molar refractivity (Wildman–Crippen MR) is 76.9 cm³/mol. The molecule has 0 saturated heterocycles. The fourth-order valence-corrected chi connectivity index (χ4v) is 2.53. The monoisotopic (exact) mass is 271 g/mol. The summed E-state index contributed by atoms with van der Waals surface area (Å²) >= 11 is 0. The van der Waals surface area contributed by atoms with Crippen molar-refractivity contribution in [3.63, 3.8) is 0 Å². The Morgan fingerprint density at radius 1 is 1.35 bits per heavy atom. The normalized spacial score (nSPS) is 14.8. The summed E-state index contributed by atoms with van der Waals surface area (Å²) in [5, 5.41) is 0. The van der Waals surface area contributed by atoms with Gasteiger partial charge in [0.2, 0.25) is 5.95 Å². The number of H-pyrrole nitrogens is 1. The first-order chi connectivity index (χ1) is 9.76. The van der Waals surface area contributed by atoms with Crippen LogP contribution >= 0.6 is 0 Å². The quantitative estimate of drug-likeness (QED) is 0.562. The van der Waals surface area contributed by atoms with Crippen LogP contribution in [0.15, 0.2) is 35.1 Å². The van der Waals surface area contributed by atoms with Crippen LogP contribution in [0.2, 0.25) is 0 Å². The maximum absolute atomic E-state index is 12.0. The molecule has 1 aliphatic rings. The number of nitrogen functional groups attached to an aromatic ring is 1. The summed E-state index contributed by atoms with van der Waals surface area (Å²) in [7, 11) is 0. The van der Waals surface area contributed by atoms with Crippen molar-refractivity contribution < 1.29 is 0 Å². The van der Waals surface area contributed by atoms with Crippen molar-refractivity contribution in [1.29, 1.82) is 0 Å². The standard InChI is InChI=1S/C14H17N5O/c15-18-14-16-12-6-7-19(9-11(12)13(20)17-14)8-10-4-2-1-3-5-10/h1-5H,6-9,15H2,(H2,16,17,18,20). The third-order valence-corrected chi connectivity index (χ3v) is 3.53. The van der Waals surface area contributed by atoms with Gasteiger partial charge in [0.05, 0.1) is 11.3 Å². The highest BCUT2D eigenvalue weighted by Gasteiger charge is 2.20. The van der Waals surface area contributed by atoms with Gasteiger partial charge in [0.1, 0.15) is 0 Å². The second-order valence-corrected chi connectivity index (χ2v) is 4.93. The Balaban J connectivity index is 1.80. The first-order valence-corrected chi connectivity index (χ1v) is 6.61. The molecule has 0 aliphatic carbocycles. The van der Waals surface area contributed by atoms with Crippen LogP contribution in [0.4, 0.5) is 5.95 Å². The minimum Gasteiger partial charge on any atom is -0.294 e. The molecule has 0 fully saturated rings. The van der Waals surface area contributed by atoms with E-state index in [9.17, 15) is 4.79 Å². The Hall–Kier alpha value is -2.18. The molecule has 1 aromatic heterocycles. The molecule has 2 heterocycles. The minimum atomic E-state index is -0.110. The fraction of sp³-hybridized carbons (Fsp3) is 0.286. The first-order valence-electron chi connectivity index (χ1n) is 6.61. The number of rotatable bonds is 3. The van der Waals surface area contributed by atoms with E-state index in [0.29, 0.717) is 12.5 Å². The smallest absolute Gasteiger partial charge is 0.257 e. The van der Waals surface area contributed by atoms with Gasteiger partial charge in [-0.2, -0.15) is 0 Å². The van der Waals surface area contributed by atoms with Crippen LogP contribution in [0.1, 0.15) is 16.8 Å². The fourth-order valence-electron chi connectivity index (χ4n) is 2.53. The molecule has 2 aromatic rings. The zero-order valence-electron chi connectivity index (χ0n) is 11.1. The SMILES string of the molecule is NNc1nc2c(c(=O)[nH]1)CN(Cc1ccccc1)CC2. The highest BCUT2D eigenvalue weighted by atomic mass is 16.1. The van der Waals surface area contributed by atoms with Gasteiger partial charge >= 0.3 is 0 Å². The number of hydrogen-bond acceptors (Lipinski definition) is 5. The zero-order valence-corrected chi connectivity index (χ0v) is 11.1. The highest BCUT2D eigenvalue weighted by molar-refractivity contribution is 5.30. The van der Waals surface area contributed by atoms with E-state index in [1.807, 2.05) is 18.2 Å². The lowest BCUT2D eigenvalue weighted by atomic mass is 10.1. The van der Waals surface area contributed by atoms with Crippen LogP contribution in [-0.2, 0) is 19.5 Å². The van der Waals surface area contributed by atoms with Gasteiger partial charge in [0.15, 0.2) is 0 Å². The minimum absolute atomic E-state index is 0.110. The summed E-state index contributed by atoms with van der Waals surface area (Å²) in [6.07, 6.45) is 0.765. The van der Waals surface area contributed by atoms with E-state index >= 15 is 0 Å². The van der Waals surface area contributed by atoms with E-state index in [0.717, 1.165) is 30.8 Å². The third kappa shape index (κ3) is 2.56. The Bertz CT molecular complexity index is 652. The van der Waals surface area contributed by atoms with E-state index in [2.05, 4.69) is 32.4 Å². The lowest BCUT2D eigenvalue weighted by Gasteiger charge is -2.27. The van der Waals surface area contributed by atoms with Crippen molar-refractivity contribution in [2.24, 2.45) is 5.84 Å². The number of nitrogens with two attached hydrogens (primary N) is 1. The molecule has 20 heavy (non-hydrogen) atoms. The molecule has 0 radical (unpaired) electrons. The summed E-state index contributed by atoms with van der Waals surface area (Å²) in [6.45, 7) is 2.36. The molecule has 104 valence electrons.